The molecule has 0 saturated heterocycles. The Labute approximate surface area is 142 Å². The Morgan fingerprint density at radius 1 is 1.04 bits per heavy atom. The minimum Gasteiger partial charge on any atom is -0.326 e. The molecule has 0 spiro atoms. The number of nitrogens with one attached hydrogen (secondary N) is 2. The maximum Gasteiger partial charge on any atom is 0.237 e. The molecule has 2 rings (SSSR count). The summed E-state index contributed by atoms with van der Waals surface area (Å²) in [6, 6.07) is 9.99. The lowest BCUT2D eigenvalue weighted by Crippen LogP contribution is -2.23. The van der Waals surface area contributed by atoms with Crippen LogP contribution in [0.15, 0.2) is 47.4 Å². The van der Waals surface area contributed by atoms with Crippen LogP contribution in [-0.2, 0) is 9.59 Å². The molecule has 0 saturated carbocycles. The maximum absolute atomic E-state index is 13.6. The summed E-state index contributed by atoms with van der Waals surface area (Å²) in [5.41, 5.74) is 0.604. The van der Waals surface area contributed by atoms with E-state index in [1.54, 1.807) is 31.2 Å². The van der Waals surface area contributed by atoms with Crippen LogP contribution in [-0.4, -0.2) is 17.1 Å². The fourth-order valence-electron chi connectivity index (χ4n) is 1.90. The summed E-state index contributed by atoms with van der Waals surface area (Å²) >= 11 is 1.29. The largest absolute Gasteiger partial charge is 0.326 e. The second-order valence-electron chi connectivity index (χ2n) is 5.08. The predicted octanol–water partition coefficient (Wildman–Crippen LogP) is 4.04. The van der Waals surface area contributed by atoms with E-state index in [4.69, 9.17) is 0 Å². The van der Waals surface area contributed by atoms with Crippen molar-refractivity contribution in [3.05, 3.63) is 54.1 Å². The van der Waals surface area contributed by atoms with E-state index in [0.29, 0.717) is 11.8 Å². The van der Waals surface area contributed by atoms with Crippen molar-refractivity contribution >= 4 is 35.0 Å². The van der Waals surface area contributed by atoms with Crippen LogP contribution in [0.3, 0.4) is 0 Å². The van der Waals surface area contributed by atoms with Gasteiger partial charge in [-0.2, -0.15) is 0 Å². The molecule has 126 valence electrons. The van der Waals surface area contributed by atoms with Gasteiger partial charge in [-0.3, -0.25) is 9.59 Å². The Balaban J connectivity index is 1.97. The second kappa shape index (κ2) is 7.92. The average Bonchev–Trinajstić information content (AvgIpc) is 2.51. The first-order valence-electron chi connectivity index (χ1n) is 7.15. The summed E-state index contributed by atoms with van der Waals surface area (Å²) in [7, 11) is 0. The van der Waals surface area contributed by atoms with Gasteiger partial charge in [0.05, 0.1) is 10.9 Å². The summed E-state index contributed by atoms with van der Waals surface area (Å²) in [6.07, 6.45) is 0. The van der Waals surface area contributed by atoms with Crippen LogP contribution in [0.2, 0.25) is 0 Å². The standard InChI is InChI=1S/C17H16F2N2O2S/c1-10(17(23)21-16-8-3-12(18)9-15(16)19)24-14-6-4-13(5-7-14)20-11(2)22/h3-10H,1-2H3,(H,20,22)(H,21,23)/t10-/m0/s1. The van der Waals surface area contributed by atoms with E-state index in [0.717, 1.165) is 11.0 Å². The van der Waals surface area contributed by atoms with E-state index >= 15 is 0 Å². The second-order valence-corrected chi connectivity index (χ2v) is 6.49. The van der Waals surface area contributed by atoms with Gasteiger partial charge in [0.1, 0.15) is 11.6 Å². The van der Waals surface area contributed by atoms with E-state index < -0.39 is 22.8 Å². The molecule has 7 heteroatoms. The lowest BCUT2D eigenvalue weighted by Gasteiger charge is -2.13. The van der Waals surface area contributed by atoms with Crippen LogP contribution in [0.25, 0.3) is 0 Å². The number of carbonyl (C=O) groups excluding carboxylic acids is 2. The molecule has 0 bridgehead atoms. The molecule has 24 heavy (non-hydrogen) atoms. The average molecular weight is 350 g/mol. The van der Waals surface area contributed by atoms with Gasteiger partial charge in [0, 0.05) is 23.6 Å². The number of halogens is 2. The number of hydrogen-bond donors (Lipinski definition) is 2. The zero-order valence-corrected chi connectivity index (χ0v) is 13.9. The van der Waals surface area contributed by atoms with Crippen molar-refractivity contribution in [2.75, 3.05) is 10.6 Å². The fraction of sp³-hybridized carbons (Fsp3) is 0.176. The molecule has 2 N–H and O–H groups in total. The molecule has 4 nitrogen and oxygen atoms in total. The third kappa shape index (κ3) is 5.06. The molecule has 0 fully saturated rings. The first kappa shape index (κ1) is 17.9. The summed E-state index contributed by atoms with van der Waals surface area (Å²) in [5, 5.41) is 4.60. The zero-order valence-electron chi connectivity index (χ0n) is 13.1. The number of hydrogen-bond acceptors (Lipinski definition) is 3. The number of carbonyl (C=O) groups is 2. The van der Waals surface area contributed by atoms with Gasteiger partial charge in [0.2, 0.25) is 11.8 Å². The molecule has 1 atom stereocenters. The fourth-order valence-corrected chi connectivity index (χ4v) is 2.77. The molecular weight excluding hydrogens is 334 g/mol. The Bertz CT molecular complexity index is 751. The number of amides is 2. The van der Waals surface area contributed by atoms with Crippen molar-refractivity contribution in [1.29, 1.82) is 0 Å². The monoisotopic (exact) mass is 350 g/mol. The van der Waals surface area contributed by atoms with Crippen LogP contribution in [0, 0.1) is 11.6 Å². The molecular formula is C17H16F2N2O2S. The van der Waals surface area contributed by atoms with Crippen molar-refractivity contribution in [2.24, 2.45) is 0 Å². The highest BCUT2D eigenvalue weighted by molar-refractivity contribution is 8.00. The first-order valence-corrected chi connectivity index (χ1v) is 8.03. The minimum atomic E-state index is -0.819. The molecule has 2 amide bonds. The van der Waals surface area contributed by atoms with E-state index in [-0.39, 0.29) is 11.6 Å². The van der Waals surface area contributed by atoms with Crippen molar-refractivity contribution in [3.8, 4) is 0 Å². The highest BCUT2D eigenvalue weighted by Gasteiger charge is 2.16. The molecule has 0 aliphatic rings. The molecule has 2 aromatic carbocycles. The Morgan fingerprint density at radius 2 is 1.71 bits per heavy atom. The Morgan fingerprint density at radius 3 is 2.29 bits per heavy atom. The highest BCUT2D eigenvalue weighted by atomic mass is 32.2. The van der Waals surface area contributed by atoms with Gasteiger partial charge < -0.3 is 10.6 Å². The van der Waals surface area contributed by atoms with Crippen LogP contribution >= 0.6 is 11.8 Å². The topological polar surface area (TPSA) is 58.2 Å². The third-order valence-corrected chi connectivity index (χ3v) is 4.16. The Kier molecular flexibility index (Phi) is 5.92. The van der Waals surface area contributed by atoms with Crippen LogP contribution in [0.4, 0.5) is 20.2 Å². The van der Waals surface area contributed by atoms with E-state index in [9.17, 15) is 18.4 Å². The summed E-state index contributed by atoms with van der Waals surface area (Å²) in [5.74, 6) is -2.08. The Hall–Kier alpha value is -2.41. The van der Waals surface area contributed by atoms with Crippen LogP contribution < -0.4 is 10.6 Å². The van der Waals surface area contributed by atoms with E-state index in [2.05, 4.69) is 10.6 Å². The van der Waals surface area contributed by atoms with Crippen molar-refractivity contribution in [2.45, 2.75) is 24.0 Å². The third-order valence-electron chi connectivity index (χ3n) is 3.05. The highest BCUT2D eigenvalue weighted by Crippen LogP contribution is 2.26. The predicted molar refractivity (Wildman–Crippen MR) is 91.1 cm³/mol. The lowest BCUT2D eigenvalue weighted by molar-refractivity contribution is -0.115. The van der Waals surface area contributed by atoms with Gasteiger partial charge in [-0.15, -0.1) is 11.8 Å². The lowest BCUT2D eigenvalue weighted by atomic mass is 10.3. The van der Waals surface area contributed by atoms with E-state index in [1.165, 1.54) is 24.8 Å². The molecule has 0 aliphatic heterocycles. The number of thioether (sulfide) groups is 1. The van der Waals surface area contributed by atoms with Crippen molar-refractivity contribution in [3.63, 3.8) is 0 Å². The number of rotatable bonds is 5. The summed E-state index contributed by atoms with van der Waals surface area (Å²) < 4.78 is 26.4. The van der Waals surface area contributed by atoms with Gasteiger partial charge in [-0.05, 0) is 43.3 Å². The summed E-state index contributed by atoms with van der Waals surface area (Å²) in [6.45, 7) is 3.10. The molecule has 0 unspecified atom stereocenters. The zero-order chi connectivity index (χ0) is 17.7. The molecule has 0 aromatic heterocycles. The van der Waals surface area contributed by atoms with Crippen molar-refractivity contribution in [1.82, 2.24) is 0 Å². The van der Waals surface area contributed by atoms with Gasteiger partial charge in [0.25, 0.3) is 0 Å². The van der Waals surface area contributed by atoms with Gasteiger partial charge in [0.15, 0.2) is 0 Å². The number of anilines is 2. The molecule has 0 heterocycles. The minimum absolute atomic E-state index is 0.0603. The normalized spacial score (nSPS) is 11.7. The SMILES string of the molecule is CC(=O)Nc1ccc(S[C@@H](C)C(=O)Nc2ccc(F)cc2F)cc1. The smallest absolute Gasteiger partial charge is 0.237 e. The molecule has 2 aromatic rings. The quantitative estimate of drug-likeness (QED) is 0.800. The number of benzene rings is 2. The summed E-state index contributed by atoms with van der Waals surface area (Å²) in [4.78, 5) is 23.9. The van der Waals surface area contributed by atoms with Gasteiger partial charge in [-0.1, -0.05) is 0 Å². The van der Waals surface area contributed by atoms with Crippen LogP contribution in [0.5, 0.6) is 0 Å². The molecule has 0 radical (unpaired) electrons. The van der Waals surface area contributed by atoms with Gasteiger partial charge >= 0.3 is 0 Å². The van der Waals surface area contributed by atoms with Crippen molar-refractivity contribution < 1.29 is 18.4 Å². The van der Waals surface area contributed by atoms with Crippen LogP contribution in [0.1, 0.15) is 13.8 Å². The maximum atomic E-state index is 13.6. The molecule has 0 aliphatic carbocycles. The first-order chi connectivity index (χ1) is 11.3. The van der Waals surface area contributed by atoms with E-state index in [1.807, 2.05) is 0 Å². The van der Waals surface area contributed by atoms with Gasteiger partial charge in [-0.25, -0.2) is 8.78 Å².